The summed E-state index contributed by atoms with van der Waals surface area (Å²) in [7, 11) is 0. The number of hydrogen-bond acceptors (Lipinski definition) is 6. The average Bonchev–Trinajstić information content (AvgIpc) is 3.69. The molecule has 4 atom stereocenters. The molecule has 206 valence electrons. The first-order valence-electron chi connectivity index (χ1n) is 14.1. The van der Waals surface area contributed by atoms with Crippen molar-refractivity contribution in [2.45, 2.75) is 58.4 Å². The van der Waals surface area contributed by atoms with Crippen LogP contribution in [0.4, 0.5) is 0 Å². The van der Waals surface area contributed by atoms with Gasteiger partial charge in [-0.1, -0.05) is 32.9 Å². The highest BCUT2D eigenvalue weighted by atomic mass is 16.2. The zero-order valence-corrected chi connectivity index (χ0v) is 23.2. The van der Waals surface area contributed by atoms with E-state index in [-0.39, 0.29) is 18.1 Å². The Morgan fingerprint density at radius 3 is 2.25 bits per heavy atom. The molecule has 2 bridgehead atoms. The van der Waals surface area contributed by atoms with Crippen LogP contribution in [-0.4, -0.2) is 54.4 Å². The van der Waals surface area contributed by atoms with Crippen molar-refractivity contribution in [1.29, 1.82) is 5.26 Å². The lowest BCUT2D eigenvalue weighted by molar-refractivity contribution is -0.141. The summed E-state index contributed by atoms with van der Waals surface area (Å²) in [6.45, 7) is 7.65. The SMILES string of the molecule is CC1C(CN2C(=O)C(Cc3cnc[nH]3)(Cc3cnc[nH]3)N=C2CC(=O)c2ccc(C#N)cc2)CC2CC1C2(C)C. The molecule has 3 aliphatic carbocycles. The van der Waals surface area contributed by atoms with E-state index in [1.807, 2.05) is 4.90 Å². The second-order valence-corrected chi connectivity index (χ2v) is 12.5. The fourth-order valence-electron chi connectivity index (χ4n) is 7.44. The topological polar surface area (TPSA) is 131 Å². The number of Topliss-reactive ketones (excluding diaryl/α,β-unsaturated/α-hetero) is 1. The molecule has 9 heteroatoms. The summed E-state index contributed by atoms with van der Waals surface area (Å²) in [6.07, 6.45) is 9.70. The third kappa shape index (κ3) is 4.45. The van der Waals surface area contributed by atoms with E-state index in [4.69, 9.17) is 10.3 Å². The Morgan fingerprint density at radius 1 is 1.07 bits per heavy atom. The van der Waals surface area contributed by atoms with Gasteiger partial charge in [-0.3, -0.25) is 19.5 Å². The Bertz CT molecular complexity index is 1430. The first-order valence-corrected chi connectivity index (χ1v) is 14.1. The molecule has 4 unspecified atom stereocenters. The smallest absolute Gasteiger partial charge is 0.256 e. The average molecular weight is 538 g/mol. The molecule has 0 saturated heterocycles. The van der Waals surface area contributed by atoms with E-state index in [1.54, 1.807) is 49.3 Å². The van der Waals surface area contributed by atoms with Crippen LogP contribution in [0.25, 0.3) is 0 Å². The van der Waals surface area contributed by atoms with Gasteiger partial charge >= 0.3 is 0 Å². The number of H-pyrrole nitrogens is 2. The maximum Gasteiger partial charge on any atom is 0.256 e. The highest BCUT2D eigenvalue weighted by molar-refractivity contribution is 6.17. The molecule has 9 nitrogen and oxygen atoms in total. The molecule has 3 aromatic rings. The summed E-state index contributed by atoms with van der Waals surface area (Å²) in [5.74, 6) is 2.46. The minimum atomic E-state index is -1.11. The van der Waals surface area contributed by atoms with Crippen molar-refractivity contribution in [1.82, 2.24) is 24.8 Å². The molecule has 2 aromatic heterocycles. The van der Waals surface area contributed by atoms with Crippen LogP contribution in [-0.2, 0) is 17.6 Å². The summed E-state index contributed by atoms with van der Waals surface area (Å²) in [6, 6.07) is 8.72. The second kappa shape index (κ2) is 9.84. The highest BCUT2D eigenvalue weighted by Crippen LogP contribution is 2.63. The van der Waals surface area contributed by atoms with Gasteiger partial charge in [0.2, 0.25) is 0 Å². The van der Waals surface area contributed by atoms with Gasteiger partial charge in [0, 0.05) is 48.7 Å². The van der Waals surface area contributed by atoms with Gasteiger partial charge in [0.1, 0.15) is 5.84 Å². The van der Waals surface area contributed by atoms with E-state index in [2.05, 4.69) is 46.8 Å². The standard InChI is InChI=1S/C31H35N7O2/c1-19-22(8-23-9-26(19)30(23,2)3)16-38-28(10-27(39)21-6-4-20(13-32)5-7-21)37-31(29(38)40,11-24-14-33-17-35-24)12-25-15-34-18-36-25/h4-7,14-15,17-19,22-23,26H,8-12,16H2,1-3H3,(H,33,35)(H,34,36). The lowest BCUT2D eigenvalue weighted by atomic mass is 9.43. The number of carbonyl (C=O) groups excluding carboxylic acids is 2. The molecule has 3 fully saturated rings. The Morgan fingerprint density at radius 2 is 1.73 bits per heavy atom. The summed E-state index contributed by atoms with van der Waals surface area (Å²) in [5.41, 5.74) is 1.86. The van der Waals surface area contributed by atoms with Crippen LogP contribution < -0.4 is 0 Å². The van der Waals surface area contributed by atoms with Crippen LogP contribution in [0.3, 0.4) is 0 Å². The van der Waals surface area contributed by atoms with Gasteiger partial charge in [-0.15, -0.1) is 0 Å². The summed E-state index contributed by atoms with van der Waals surface area (Å²) < 4.78 is 0. The van der Waals surface area contributed by atoms with Crippen LogP contribution in [0, 0.1) is 40.4 Å². The zero-order chi connectivity index (χ0) is 28.1. The van der Waals surface area contributed by atoms with Gasteiger partial charge in [0.25, 0.3) is 5.91 Å². The molecular formula is C31H35N7O2. The number of amides is 1. The molecule has 7 rings (SSSR count). The first kappa shape index (κ1) is 26.2. The van der Waals surface area contributed by atoms with Gasteiger partial charge < -0.3 is 9.97 Å². The Balaban J connectivity index is 1.34. The number of rotatable bonds is 9. The van der Waals surface area contributed by atoms with Crippen LogP contribution in [0.15, 0.2) is 54.3 Å². The lowest BCUT2D eigenvalue weighted by Crippen LogP contribution is -2.57. The van der Waals surface area contributed by atoms with Gasteiger partial charge in [-0.2, -0.15) is 5.26 Å². The van der Waals surface area contributed by atoms with Crippen molar-refractivity contribution >= 4 is 17.5 Å². The number of amidine groups is 1. The molecule has 3 saturated carbocycles. The molecule has 40 heavy (non-hydrogen) atoms. The Hall–Kier alpha value is -4.06. The summed E-state index contributed by atoms with van der Waals surface area (Å²) in [5, 5.41) is 9.15. The molecular weight excluding hydrogens is 502 g/mol. The van der Waals surface area contributed by atoms with E-state index in [0.717, 1.165) is 17.8 Å². The first-order chi connectivity index (χ1) is 19.2. The van der Waals surface area contributed by atoms with Crippen molar-refractivity contribution < 1.29 is 9.59 Å². The number of nitrogens with zero attached hydrogens (tertiary/aromatic N) is 5. The number of nitrogens with one attached hydrogen (secondary N) is 2. The number of ketones is 1. The number of nitriles is 1. The van der Waals surface area contributed by atoms with Gasteiger partial charge in [-0.25, -0.2) is 9.97 Å². The van der Waals surface area contributed by atoms with Gasteiger partial charge in [0.15, 0.2) is 11.3 Å². The summed E-state index contributed by atoms with van der Waals surface area (Å²) in [4.78, 5) is 49.5. The molecule has 0 spiro atoms. The maximum atomic E-state index is 14.5. The van der Waals surface area contributed by atoms with Crippen molar-refractivity contribution in [3.8, 4) is 6.07 Å². The number of carbonyl (C=O) groups is 2. The monoisotopic (exact) mass is 537 g/mol. The highest BCUT2D eigenvalue weighted by Gasteiger charge is 2.57. The van der Waals surface area contributed by atoms with Crippen molar-refractivity contribution in [2.75, 3.05) is 6.54 Å². The molecule has 2 N–H and O–H groups in total. The van der Waals surface area contributed by atoms with Gasteiger partial charge in [0.05, 0.1) is 30.7 Å². The number of aromatic amines is 2. The largest absolute Gasteiger partial charge is 0.348 e. The van der Waals surface area contributed by atoms with Crippen molar-refractivity contribution in [2.24, 2.45) is 34.1 Å². The molecule has 4 aliphatic rings. The number of aliphatic imine (C=N–C) groups is 1. The molecule has 3 heterocycles. The van der Waals surface area contributed by atoms with Crippen LogP contribution >= 0.6 is 0 Å². The van der Waals surface area contributed by atoms with Crippen LogP contribution in [0.1, 0.15) is 67.3 Å². The molecule has 1 amide bonds. The van der Waals surface area contributed by atoms with Crippen molar-refractivity contribution in [3.63, 3.8) is 0 Å². The fourth-order valence-corrected chi connectivity index (χ4v) is 7.44. The third-order valence-corrected chi connectivity index (χ3v) is 9.96. The van der Waals surface area contributed by atoms with Crippen molar-refractivity contribution in [3.05, 3.63) is 71.8 Å². The normalized spacial score (nSPS) is 26.2. The third-order valence-electron chi connectivity index (χ3n) is 9.96. The van der Waals surface area contributed by atoms with E-state index < -0.39 is 5.54 Å². The number of benzene rings is 1. The quantitative estimate of drug-likeness (QED) is 0.392. The Labute approximate surface area is 234 Å². The number of aromatic nitrogens is 4. The minimum Gasteiger partial charge on any atom is -0.348 e. The van der Waals surface area contributed by atoms with Crippen LogP contribution in [0.2, 0.25) is 0 Å². The minimum absolute atomic E-state index is 0.0186. The number of imidazole rings is 2. The van der Waals surface area contributed by atoms with E-state index in [1.165, 1.54) is 6.42 Å². The lowest BCUT2D eigenvalue weighted by Gasteiger charge is -2.62. The molecule has 1 aliphatic heterocycles. The van der Waals surface area contributed by atoms with E-state index >= 15 is 0 Å². The van der Waals surface area contributed by atoms with E-state index in [0.29, 0.717) is 65.4 Å². The predicted octanol–water partition coefficient (Wildman–Crippen LogP) is 4.36. The van der Waals surface area contributed by atoms with Gasteiger partial charge in [-0.05, 0) is 54.1 Å². The van der Waals surface area contributed by atoms with E-state index in [9.17, 15) is 9.59 Å². The molecule has 0 radical (unpaired) electrons. The summed E-state index contributed by atoms with van der Waals surface area (Å²) >= 11 is 0. The number of fused-ring (bicyclic) bond motifs is 2. The predicted molar refractivity (Wildman–Crippen MR) is 149 cm³/mol. The molecule has 1 aromatic carbocycles. The zero-order valence-electron chi connectivity index (χ0n) is 23.2. The fraction of sp³-hybridized carbons (Fsp3) is 0.484. The Kier molecular flexibility index (Phi) is 6.44. The van der Waals surface area contributed by atoms with Crippen LogP contribution in [0.5, 0.6) is 0 Å². The number of hydrogen-bond donors (Lipinski definition) is 2. The maximum absolute atomic E-state index is 14.5. The second-order valence-electron chi connectivity index (χ2n) is 12.5.